The molecule has 0 aliphatic carbocycles. The number of carbonyl (C=O) groups is 1. The Balaban J connectivity index is 2.07. The van der Waals surface area contributed by atoms with Crippen LogP contribution in [0.4, 0.5) is 5.82 Å². The molecule has 1 amide bonds. The molecule has 2 aromatic rings. The predicted octanol–water partition coefficient (Wildman–Crippen LogP) is 2.51. The molecule has 3 rings (SSSR count). The number of ether oxygens (including phenoxy) is 1. The number of nitrogens with zero attached hydrogens (tertiary/aromatic N) is 2. The highest BCUT2D eigenvalue weighted by atomic mass is 32.2. The molecule has 1 aromatic heterocycles. The van der Waals surface area contributed by atoms with E-state index in [0.717, 1.165) is 28.4 Å². The Labute approximate surface area is 127 Å². The maximum absolute atomic E-state index is 11.9. The molecule has 0 spiro atoms. The summed E-state index contributed by atoms with van der Waals surface area (Å²) in [7, 11) is 3.51. The highest BCUT2D eigenvalue weighted by Crippen LogP contribution is 2.43. The molecule has 0 fully saturated rings. The maximum atomic E-state index is 11.9. The monoisotopic (exact) mass is 303 g/mol. The second-order valence-corrected chi connectivity index (χ2v) is 6.08. The molecule has 1 aromatic carbocycles. The number of nitrogens with one attached hydrogen (secondary N) is 1. The van der Waals surface area contributed by atoms with Crippen LogP contribution in [0.3, 0.4) is 0 Å². The number of hydrogen-bond donors (Lipinski definition) is 1. The molecule has 1 atom stereocenters. The van der Waals surface area contributed by atoms with E-state index in [1.807, 2.05) is 38.2 Å². The van der Waals surface area contributed by atoms with E-state index in [4.69, 9.17) is 4.74 Å². The Morgan fingerprint density at radius 2 is 2.10 bits per heavy atom. The van der Waals surface area contributed by atoms with Gasteiger partial charge in [-0.05, 0) is 24.6 Å². The van der Waals surface area contributed by atoms with E-state index in [1.54, 1.807) is 23.6 Å². The fourth-order valence-corrected chi connectivity index (χ4v) is 3.78. The van der Waals surface area contributed by atoms with Gasteiger partial charge < -0.3 is 10.1 Å². The highest BCUT2D eigenvalue weighted by molar-refractivity contribution is 8.00. The van der Waals surface area contributed by atoms with Crippen LogP contribution in [-0.4, -0.2) is 28.6 Å². The zero-order chi connectivity index (χ0) is 15.0. The zero-order valence-corrected chi connectivity index (χ0v) is 13.0. The van der Waals surface area contributed by atoms with Crippen molar-refractivity contribution in [2.75, 3.05) is 18.2 Å². The lowest BCUT2D eigenvalue weighted by molar-refractivity contribution is -0.113. The summed E-state index contributed by atoms with van der Waals surface area (Å²) >= 11 is 1.62. The Bertz CT molecular complexity index is 679. The van der Waals surface area contributed by atoms with Crippen molar-refractivity contribution in [1.82, 2.24) is 9.78 Å². The van der Waals surface area contributed by atoms with Crippen LogP contribution < -0.4 is 10.1 Å². The lowest BCUT2D eigenvalue weighted by Gasteiger charge is -2.15. The predicted molar refractivity (Wildman–Crippen MR) is 83.9 cm³/mol. The molecule has 5 nitrogen and oxygen atoms in total. The second-order valence-electron chi connectivity index (χ2n) is 4.98. The molecular formula is C15H17N3O2S. The molecule has 1 aliphatic rings. The fourth-order valence-electron chi connectivity index (χ4n) is 2.59. The Hall–Kier alpha value is -1.95. The zero-order valence-electron chi connectivity index (χ0n) is 12.2. The van der Waals surface area contributed by atoms with E-state index in [9.17, 15) is 4.79 Å². The topological polar surface area (TPSA) is 56.1 Å². The van der Waals surface area contributed by atoms with Crippen molar-refractivity contribution >= 4 is 23.5 Å². The minimum Gasteiger partial charge on any atom is -0.497 e. The Morgan fingerprint density at radius 1 is 1.38 bits per heavy atom. The molecule has 0 radical (unpaired) electrons. The standard InChI is InChI=1S/C15H17N3O2S/c1-9-13-14(10-4-6-11(20-3)7-5-10)21-8-12(19)16-15(13)18(2)17-9/h4-7,14H,8H2,1-3H3,(H,16,19)/t14-/m1/s1. The Kier molecular flexibility index (Phi) is 3.63. The van der Waals surface area contributed by atoms with Crippen molar-refractivity contribution in [3.63, 3.8) is 0 Å². The molecule has 0 bridgehead atoms. The summed E-state index contributed by atoms with van der Waals surface area (Å²) in [4.78, 5) is 11.9. The minimum absolute atomic E-state index is 0.0141. The third-order valence-corrected chi connectivity index (χ3v) is 4.86. The quantitative estimate of drug-likeness (QED) is 0.926. The molecule has 110 valence electrons. The van der Waals surface area contributed by atoms with E-state index in [-0.39, 0.29) is 11.2 Å². The van der Waals surface area contributed by atoms with Gasteiger partial charge in [0.2, 0.25) is 5.91 Å². The first kappa shape index (κ1) is 14.0. The average Bonchev–Trinajstić information content (AvgIpc) is 2.66. The molecule has 1 N–H and O–H groups in total. The first-order valence-corrected chi connectivity index (χ1v) is 7.74. The number of rotatable bonds is 2. The third-order valence-electron chi connectivity index (χ3n) is 3.59. The number of aryl methyl sites for hydroxylation is 2. The van der Waals surface area contributed by atoms with Crippen LogP contribution in [0, 0.1) is 6.92 Å². The van der Waals surface area contributed by atoms with Gasteiger partial charge in [0.25, 0.3) is 0 Å². The fraction of sp³-hybridized carbons (Fsp3) is 0.333. The summed E-state index contributed by atoms with van der Waals surface area (Å²) in [6.45, 7) is 1.98. The molecule has 21 heavy (non-hydrogen) atoms. The normalized spacial score (nSPS) is 17.9. The van der Waals surface area contributed by atoms with Crippen molar-refractivity contribution in [2.24, 2.45) is 7.05 Å². The van der Waals surface area contributed by atoms with Gasteiger partial charge in [-0.15, -0.1) is 11.8 Å². The van der Waals surface area contributed by atoms with Gasteiger partial charge >= 0.3 is 0 Å². The van der Waals surface area contributed by atoms with Crippen LogP contribution in [0.2, 0.25) is 0 Å². The van der Waals surface area contributed by atoms with Gasteiger partial charge in [0.1, 0.15) is 11.6 Å². The lowest BCUT2D eigenvalue weighted by Crippen LogP contribution is -2.15. The molecule has 1 aliphatic heterocycles. The number of benzene rings is 1. The summed E-state index contributed by atoms with van der Waals surface area (Å²) in [5.74, 6) is 2.07. The summed E-state index contributed by atoms with van der Waals surface area (Å²) in [6.07, 6.45) is 0. The van der Waals surface area contributed by atoms with Gasteiger partial charge in [-0.3, -0.25) is 9.48 Å². The number of amides is 1. The molecule has 2 heterocycles. The van der Waals surface area contributed by atoms with E-state index in [2.05, 4.69) is 10.4 Å². The summed E-state index contributed by atoms with van der Waals surface area (Å²) in [5.41, 5.74) is 3.18. The van der Waals surface area contributed by atoms with Gasteiger partial charge in [-0.2, -0.15) is 5.10 Å². The molecule has 0 unspecified atom stereocenters. The van der Waals surface area contributed by atoms with Crippen LogP contribution in [0.1, 0.15) is 22.1 Å². The van der Waals surface area contributed by atoms with Crippen LogP contribution in [0.25, 0.3) is 0 Å². The summed E-state index contributed by atoms with van der Waals surface area (Å²) in [6, 6.07) is 7.98. The summed E-state index contributed by atoms with van der Waals surface area (Å²) in [5, 5.41) is 7.49. The number of carbonyl (C=O) groups excluding carboxylic acids is 1. The van der Waals surface area contributed by atoms with Crippen molar-refractivity contribution in [3.8, 4) is 5.75 Å². The van der Waals surface area contributed by atoms with E-state index < -0.39 is 0 Å². The van der Waals surface area contributed by atoms with E-state index in [0.29, 0.717) is 5.75 Å². The lowest BCUT2D eigenvalue weighted by atomic mass is 10.0. The smallest absolute Gasteiger partial charge is 0.235 e. The third kappa shape index (κ3) is 2.51. The van der Waals surface area contributed by atoms with Gasteiger partial charge in [-0.25, -0.2) is 0 Å². The highest BCUT2D eigenvalue weighted by Gasteiger charge is 2.29. The first-order chi connectivity index (χ1) is 10.1. The van der Waals surface area contributed by atoms with Gasteiger partial charge in [0, 0.05) is 12.6 Å². The largest absolute Gasteiger partial charge is 0.497 e. The van der Waals surface area contributed by atoms with E-state index >= 15 is 0 Å². The van der Waals surface area contributed by atoms with Crippen molar-refractivity contribution < 1.29 is 9.53 Å². The van der Waals surface area contributed by atoms with Crippen molar-refractivity contribution in [3.05, 3.63) is 41.1 Å². The first-order valence-electron chi connectivity index (χ1n) is 6.69. The average molecular weight is 303 g/mol. The molecule has 0 saturated heterocycles. The van der Waals surface area contributed by atoms with Crippen LogP contribution in [0.15, 0.2) is 24.3 Å². The van der Waals surface area contributed by atoms with Crippen molar-refractivity contribution in [2.45, 2.75) is 12.2 Å². The number of hydrogen-bond acceptors (Lipinski definition) is 4. The number of thioether (sulfide) groups is 1. The number of fused-ring (bicyclic) bond motifs is 1. The van der Waals surface area contributed by atoms with Crippen LogP contribution >= 0.6 is 11.8 Å². The number of aromatic nitrogens is 2. The Morgan fingerprint density at radius 3 is 2.76 bits per heavy atom. The molecular weight excluding hydrogens is 286 g/mol. The molecule has 6 heteroatoms. The van der Waals surface area contributed by atoms with Crippen LogP contribution in [0.5, 0.6) is 5.75 Å². The minimum atomic E-state index is 0.0141. The maximum Gasteiger partial charge on any atom is 0.235 e. The molecule has 0 saturated carbocycles. The second kappa shape index (κ2) is 5.44. The van der Waals surface area contributed by atoms with Gasteiger partial charge in [0.05, 0.1) is 23.8 Å². The number of methoxy groups -OCH3 is 1. The van der Waals surface area contributed by atoms with E-state index in [1.165, 1.54) is 0 Å². The summed E-state index contributed by atoms with van der Waals surface area (Å²) < 4.78 is 6.95. The van der Waals surface area contributed by atoms with Crippen LogP contribution in [-0.2, 0) is 11.8 Å². The SMILES string of the molecule is COc1ccc([C@H]2SCC(=O)Nc3c2c(C)nn3C)cc1. The van der Waals surface area contributed by atoms with Gasteiger partial charge in [0.15, 0.2) is 0 Å². The number of anilines is 1. The van der Waals surface area contributed by atoms with Crippen molar-refractivity contribution in [1.29, 1.82) is 0 Å². The van der Waals surface area contributed by atoms with Gasteiger partial charge in [-0.1, -0.05) is 12.1 Å².